The number of amides is 1. The zero-order valence-electron chi connectivity index (χ0n) is 7.27. The lowest BCUT2D eigenvalue weighted by Gasteiger charge is -2.04. The largest absolute Gasteiger partial charge is 0.496 e. The van der Waals surface area contributed by atoms with Crippen LogP contribution < -0.4 is 4.74 Å². The highest BCUT2D eigenvalue weighted by atomic mass is 35.5. The second-order valence-electron chi connectivity index (χ2n) is 2.34. The van der Waals surface area contributed by atoms with Crippen molar-refractivity contribution in [3.05, 3.63) is 39.2 Å². The molecule has 0 aliphatic carbocycles. The Balaban J connectivity index is 3.20. The van der Waals surface area contributed by atoms with Gasteiger partial charge in [0.25, 0.3) is 5.91 Å². The maximum atomic E-state index is 11.2. The average Bonchev–Trinajstić information content (AvgIpc) is 2.17. The molecular weight excluding hydrogens is 206 g/mol. The monoisotopic (exact) mass is 211 g/mol. The van der Waals surface area contributed by atoms with E-state index < -0.39 is 5.91 Å². The second-order valence-corrected chi connectivity index (χ2v) is 2.78. The predicted molar refractivity (Wildman–Crippen MR) is 51.5 cm³/mol. The van der Waals surface area contributed by atoms with Gasteiger partial charge in [-0.1, -0.05) is 11.6 Å². The lowest BCUT2D eigenvalue weighted by atomic mass is 10.2. The summed E-state index contributed by atoms with van der Waals surface area (Å²) >= 11 is 5.68. The molecule has 0 atom stereocenters. The first-order chi connectivity index (χ1) is 6.69. The van der Waals surface area contributed by atoms with E-state index in [9.17, 15) is 4.79 Å². The molecule has 0 saturated carbocycles. The van der Waals surface area contributed by atoms with E-state index in [1.54, 1.807) is 0 Å². The number of nitrogens with zero attached hydrogens (tertiary/aromatic N) is 3. The molecule has 0 bridgehead atoms. The normalized spacial score (nSPS) is 9.00. The fraction of sp³-hybridized carbons (Fsp3) is 0.125. The summed E-state index contributed by atoms with van der Waals surface area (Å²) < 4.78 is 4.91. The van der Waals surface area contributed by atoms with Gasteiger partial charge in [0.05, 0.1) is 12.7 Å². The van der Waals surface area contributed by atoms with E-state index in [1.807, 2.05) is 0 Å². The van der Waals surface area contributed by atoms with Crippen molar-refractivity contribution in [2.45, 2.75) is 0 Å². The van der Waals surface area contributed by atoms with Crippen molar-refractivity contribution in [2.75, 3.05) is 7.11 Å². The van der Waals surface area contributed by atoms with Crippen LogP contribution in [0.4, 0.5) is 0 Å². The van der Waals surface area contributed by atoms with E-state index in [1.165, 1.54) is 25.3 Å². The van der Waals surface area contributed by atoms with Crippen molar-refractivity contribution >= 4 is 17.5 Å². The minimum atomic E-state index is -0.694. The third-order valence-electron chi connectivity index (χ3n) is 1.53. The van der Waals surface area contributed by atoms with Crippen molar-refractivity contribution in [1.29, 1.82) is 0 Å². The summed E-state index contributed by atoms with van der Waals surface area (Å²) in [6.45, 7) is 0. The van der Waals surface area contributed by atoms with E-state index in [0.717, 1.165) is 0 Å². The molecule has 0 N–H and O–H groups in total. The number of ether oxygens (including phenoxy) is 1. The highest BCUT2D eigenvalue weighted by Gasteiger charge is 2.10. The summed E-state index contributed by atoms with van der Waals surface area (Å²) in [6.07, 6.45) is 0. The molecule has 72 valence electrons. The third-order valence-corrected chi connectivity index (χ3v) is 1.76. The van der Waals surface area contributed by atoms with E-state index in [2.05, 4.69) is 10.0 Å². The lowest BCUT2D eigenvalue weighted by Crippen LogP contribution is -1.97. The first-order valence-electron chi connectivity index (χ1n) is 3.62. The Morgan fingerprint density at radius 1 is 1.64 bits per heavy atom. The predicted octanol–water partition coefficient (Wildman–Crippen LogP) is 2.80. The number of halogens is 1. The van der Waals surface area contributed by atoms with Gasteiger partial charge in [-0.3, -0.25) is 4.79 Å². The van der Waals surface area contributed by atoms with Gasteiger partial charge < -0.3 is 4.74 Å². The zero-order valence-corrected chi connectivity index (χ0v) is 8.02. The first kappa shape index (κ1) is 10.4. The summed E-state index contributed by atoms with van der Waals surface area (Å²) in [6, 6.07) is 4.43. The zero-order chi connectivity index (χ0) is 10.6. The number of carbonyl (C=O) groups is 1. The SMILES string of the molecule is COc1cc(Cl)ccc1C(=O)N=[N+]=[N-]. The molecule has 0 saturated heterocycles. The van der Waals surface area contributed by atoms with Crippen LogP contribution >= 0.6 is 11.6 Å². The molecule has 6 heteroatoms. The Bertz CT molecular complexity index is 413. The van der Waals surface area contributed by atoms with Crippen molar-refractivity contribution in [3.63, 3.8) is 0 Å². The van der Waals surface area contributed by atoms with E-state index in [0.29, 0.717) is 5.02 Å². The molecule has 0 unspecified atom stereocenters. The summed E-state index contributed by atoms with van der Waals surface area (Å²) in [7, 11) is 1.40. The van der Waals surface area contributed by atoms with Gasteiger partial charge in [0.1, 0.15) is 5.75 Å². The molecule has 0 heterocycles. The Morgan fingerprint density at radius 3 is 2.93 bits per heavy atom. The standard InChI is InChI=1S/C8H6ClN3O2/c1-14-7-4-5(9)2-3-6(7)8(13)11-12-10/h2-4H,1H3. The molecule has 0 aromatic heterocycles. The van der Waals surface area contributed by atoms with Gasteiger partial charge in [-0.25, -0.2) is 0 Å². The highest BCUT2D eigenvalue weighted by Crippen LogP contribution is 2.23. The number of benzene rings is 1. The second kappa shape index (κ2) is 4.50. The van der Waals surface area contributed by atoms with Crippen LogP contribution in [0.2, 0.25) is 5.02 Å². The molecule has 14 heavy (non-hydrogen) atoms. The van der Waals surface area contributed by atoms with Gasteiger partial charge in [0, 0.05) is 9.93 Å². The summed E-state index contributed by atoms with van der Waals surface area (Å²) in [4.78, 5) is 13.6. The van der Waals surface area contributed by atoms with Crippen LogP contribution in [0.25, 0.3) is 10.4 Å². The van der Waals surface area contributed by atoms with Crippen LogP contribution in [0.1, 0.15) is 10.4 Å². The van der Waals surface area contributed by atoms with Crippen molar-refractivity contribution in [3.8, 4) is 5.75 Å². The number of azide groups is 1. The van der Waals surface area contributed by atoms with Crippen molar-refractivity contribution < 1.29 is 9.53 Å². The summed E-state index contributed by atoms with van der Waals surface area (Å²) in [5.41, 5.74) is 8.28. The number of carbonyl (C=O) groups excluding carboxylic acids is 1. The molecule has 1 aromatic carbocycles. The first-order valence-corrected chi connectivity index (χ1v) is 4.00. The Morgan fingerprint density at radius 2 is 2.36 bits per heavy atom. The quantitative estimate of drug-likeness (QED) is 0.429. The van der Waals surface area contributed by atoms with Crippen LogP contribution in [0, 0.1) is 0 Å². The molecule has 0 aliphatic heterocycles. The molecule has 5 nitrogen and oxygen atoms in total. The molecule has 0 fully saturated rings. The van der Waals surface area contributed by atoms with Crippen LogP contribution in [0.3, 0.4) is 0 Å². The number of rotatable bonds is 2. The number of hydrogen-bond donors (Lipinski definition) is 0. The fourth-order valence-corrected chi connectivity index (χ4v) is 1.10. The fourth-order valence-electron chi connectivity index (χ4n) is 0.936. The Kier molecular flexibility index (Phi) is 3.34. The van der Waals surface area contributed by atoms with Gasteiger partial charge in [-0.2, -0.15) is 0 Å². The maximum Gasteiger partial charge on any atom is 0.252 e. The van der Waals surface area contributed by atoms with Gasteiger partial charge in [0.2, 0.25) is 0 Å². The van der Waals surface area contributed by atoms with E-state index in [4.69, 9.17) is 21.9 Å². The van der Waals surface area contributed by atoms with Crippen LogP contribution in [-0.2, 0) is 0 Å². The number of hydrogen-bond acceptors (Lipinski definition) is 2. The van der Waals surface area contributed by atoms with Gasteiger partial charge >= 0.3 is 0 Å². The molecule has 1 amide bonds. The van der Waals surface area contributed by atoms with Crippen molar-refractivity contribution in [1.82, 2.24) is 0 Å². The third kappa shape index (κ3) is 2.16. The maximum absolute atomic E-state index is 11.2. The van der Waals surface area contributed by atoms with E-state index >= 15 is 0 Å². The Labute approximate surface area is 84.9 Å². The minimum Gasteiger partial charge on any atom is -0.496 e. The smallest absolute Gasteiger partial charge is 0.252 e. The number of methoxy groups -OCH3 is 1. The van der Waals surface area contributed by atoms with Crippen LogP contribution in [-0.4, -0.2) is 13.0 Å². The highest BCUT2D eigenvalue weighted by molar-refractivity contribution is 6.30. The van der Waals surface area contributed by atoms with Gasteiger partial charge in [0.15, 0.2) is 0 Å². The van der Waals surface area contributed by atoms with Crippen LogP contribution in [0.5, 0.6) is 5.75 Å². The Hall–Kier alpha value is -1.71. The van der Waals surface area contributed by atoms with Crippen LogP contribution in [0.15, 0.2) is 23.3 Å². The minimum absolute atomic E-state index is 0.190. The molecule has 1 rings (SSSR count). The molecule has 0 radical (unpaired) electrons. The molecule has 1 aromatic rings. The summed E-state index contributed by atoms with van der Waals surface area (Å²) in [5.74, 6) is -0.407. The molecule has 0 spiro atoms. The van der Waals surface area contributed by atoms with E-state index in [-0.39, 0.29) is 11.3 Å². The molecule has 0 aliphatic rings. The summed E-state index contributed by atoms with van der Waals surface area (Å²) in [5, 5.41) is 3.40. The van der Waals surface area contributed by atoms with Crippen molar-refractivity contribution in [2.24, 2.45) is 5.11 Å². The lowest BCUT2D eigenvalue weighted by molar-refractivity contribution is 0.0997. The topological polar surface area (TPSA) is 75.1 Å². The molecular formula is C8H6ClN3O2. The average molecular weight is 212 g/mol. The van der Waals surface area contributed by atoms with Gasteiger partial charge in [-0.15, -0.1) is 0 Å². The van der Waals surface area contributed by atoms with Gasteiger partial charge in [-0.05, 0) is 28.8 Å².